The predicted molar refractivity (Wildman–Crippen MR) is 102 cm³/mol. The third-order valence-electron chi connectivity index (χ3n) is 3.32. The van der Waals surface area contributed by atoms with Crippen molar-refractivity contribution in [1.29, 1.82) is 0 Å². The average molecular weight is 376 g/mol. The summed E-state index contributed by atoms with van der Waals surface area (Å²) in [5, 5.41) is 2.50. The molecule has 0 spiro atoms. The summed E-state index contributed by atoms with van der Waals surface area (Å²) in [4.78, 5) is 37.6. The van der Waals surface area contributed by atoms with E-state index in [0.29, 0.717) is 0 Å². The van der Waals surface area contributed by atoms with Gasteiger partial charge in [-0.3, -0.25) is 4.79 Å². The quantitative estimate of drug-likeness (QED) is 0.222. The molecule has 0 radical (unpaired) electrons. The number of rotatable bonds is 10. The van der Waals surface area contributed by atoms with E-state index >= 15 is 0 Å². The number of nitrogens with one attached hydrogen (secondary N) is 1. The maximum atomic E-state index is 12.2. The van der Waals surface area contributed by atoms with Gasteiger partial charge in [0.2, 0.25) is 0 Å². The molecule has 27 heavy (non-hydrogen) atoms. The fourth-order valence-corrected chi connectivity index (χ4v) is 2.13. The molecule has 0 heterocycles. The lowest BCUT2D eigenvalue weighted by Crippen LogP contribution is -2.29. The molecule has 1 rings (SSSR count). The van der Waals surface area contributed by atoms with Gasteiger partial charge in [0.25, 0.3) is 0 Å². The van der Waals surface area contributed by atoms with Gasteiger partial charge in [-0.1, -0.05) is 44.2 Å². The van der Waals surface area contributed by atoms with Crippen LogP contribution in [0.4, 0.5) is 4.79 Å². The van der Waals surface area contributed by atoms with Gasteiger partial charge >= 0.3 is 12.1 Å². The normalized spacial score (nSPS) is 11.1. The molecule has 1 amide bonds. The molecule has 148 valence electrons. The Morgan fingerprint density at radius 3 is 2.37 bits per heavy atom. The van der Waals surface area contributed by atoms with E-state index in [-0.39, 0.29) is 43.5 Å². The first-order valence-corrected chi connectivity index (χ1v) is 8.82. The molecule has 1 aromatic rings. The molecule has 7 heteroatoms. The van der Waals surface area contributed by atoms with Crippen LogP contribution >= 0.6 is 0 Å². The number of alkyl carbamates (subject to hydrolysis) is 1. The molecule has 0 aliphatic carbocycles. The van der Waals surface area contributed by atoms with Crippen molar-refractivity contribution >= 4 is 17.8 Å². The van der Waals surface area contributed by atoms with Crippen LogP contribution in [0.15, 0.2) is 42.1 Å². The lowest BCUT2D eigenvalue weighted by Gasteiger charge is -2.12. The number of benzene rings is 1. The van der Waals surface area contributed by atoms with E-state index in [1.807, 2.05) is 44.2 Å². The molecular formula is C20H28N2O5. The van der Waals surface area contributed by atoms with Gasteiger partial charge in [0.05, 0.1) is 6.54 Å². The SMILES string of the molecule is CC(C)CC(=O)/C(=C/N(C)C)C(=O)OCCNC(=O)OCc1ccccc1. The molecule has 0 fully saturated rings. The van der Waals surface area contributed by atoms with Crippen LogP contribution in [0, 0.1) is 5.92 Å². The van der Waals surface area contributed by atoms with Gasteiger partial charge < -0.3 is 19.7 Å². The number of carbonyl (C=O) groups excluding carboxylic acids is 3. The molecule has 1 aromatic carbocycles. The second-order valence-electron chi connectivity index (χ2n) is 6.65. The molecule has 0 bridgehead atoms. The summed E-state index contributed by atoms with van der Waals surface area (Å²) in [6, 6.07) is 9.29. The van der Waals surface area contributed by atoms with Gasteiger partial charge in [0.15, 0.2) is 5.78 Å². The minimum Gasteiger partial charge on any atom is -0.460 e. The van der Waals surface area contributed by atoms with E-state index in [1.54, 1.807) is 19.0 Å². The van der Waals surface area contributed by atoms with Gasteiger partial charge in [-0.05, 0) is 11.5 Å². The zero-order chi connectivity index (χ0) is 20.2. The van der Waals surface area contributed by atoms with E-state index < -0.39 is 12.1 Å². The number of ether oxygens (including phenoxy) is 2. The van der Waals surface area contributed by atoms with Crippen LogP contribution in [-0.2, 0) is 25.7 Å². The van der Waals surface area contributed by atoms with E-state index in [2.05, 4.69) is 5.32 Å². The van der Waals surface area contributed by atoms with Crippen LogP contribution in [0.1, 0.15) is 25.8 Å². The highest BCUT2D eigenvalue weighted by Crippen LogP contribution is 2.10. The number of hydrogen-bond acceptors (Lipinski definition) is 6. The summed E-state index contributed by atoms with van der Waals surface area (Å²) >= 11 is 0. The molecule has 0 atom stereocenters. The summed E-state index contributed by atoms with van der Waals surface area (Å²) < 4.78 is 10.2. The molecule has 7 nitrogen and oxygen atoms in total. The molecule has 0 unspecified atom stereocenters. The number of carbonyl (C=O) groups is 3. The Kier molecular flexibility index (Phi) is 9.64. The summed E-state index contributed by atoms with van der Waals surface area (Å²) in [6.07, 6.45) is 1.11. The zero-order valence-electron chi connectivity index (χ0n) is 16.4. The van der Waals surface area contributed by atoms with Crippen LogP contribution in [0.25, 0.3) is 0 Å². The second-order valence-corrected chi connectivity index (χ2v) is 6.65. The van der Waals surface area contributed by atoms with Crippen LogP contribution in [-0.4, -0.2) is 50.0 Å². The Hall–Kier alpha value is -2.83. The molecule has 0 saturated carbocycles. The van der Waals surface area contributed by atoms with Crippen molar-refractivity contribution in [3.8, 4) is 0 Å². The number of nitrogens with zero attached hydrogens (tertiary/aromatic N) is 1. The van der Waals surface area contributed by atoms with Crippen molar-refractivity contribution in [1.82, 2.24) is 10.2 Å². The van der Waals surface area contributed by atoms with Crippen molar-refractivity contribution < 1.29 is 23.9 Å². The van der Waals surface area contributed by atoms with E-state index in [1.165, 1.54) is 6.20 Å². The fraction of sp³-hybridized carbons (Fsp3) is 0.450. The van der Waals surface area contributed by atoms with Crippen molar-refractivity contribution in [2.24, 2.45) is 5.92 Å². The Bertz CT molecular complexity index is 654. The first-order valence-electron chi connectivity index (χ1n) is 8.82. The van der Waals surface area contributed by atoms with E-state index in [9.17, 15) is 14.4 Å². The summed E-state index contributed by atoms with van der Waals surface area (Å²) in [7, 11) is 3.44. The standard InChI is InChI=1S/C20H28N2O5/c1-15(2)12-18(23)17(13-22(3)4)19(24)26-11-10-21-20(25)27-14-16-8-6-5-7-9-16/h5-9,13,15H,10-12,14H2,1-4H3,(H,21,25)/b17-13-. The Balaban J connectivity index is 2.38. The second kappa shape index (κ2) is 11.7. The van der Waals surface area contributed by atoms with Gasteiger partial charge in [0.1, 0.15) is 18.8 Å². The maximum Gasteiger partial charge on any atom is 0.407 e. The highest BCUT2D eigenvalue weighted by Gasteiger charge is 2.21. The molecule has 0 saturated heterocycles. The molecule has 0 aliphatic heterocycles. The molecule has 0 aliphatic rings. The van der Waals surface area contributed by atoms with Crippen molar-refractivity contribution in [2.75, 3.05) is 27.2 Å². The first kappa shape index (κ1) is 22.2. The number of esters is 1. The monoisotopic (exact) mass is 376 g/mol. The minimum atomic E-state index is -0.700. The number of amides is 1. The van der Waals surface area contributed by atoms with Crippen molar-refractivity contribution in [2.45, 2.75) is 26.9 Å². The van der Waals surface area contributed by atoms with Crippen LogP contribution in [0.3, 0.4) is 0 Å². The number of Topliss-reactive ketones (excluding diaryl/α,β-unsaturated/α-hetero) is 1. The van der Waals surface area contributed by atoms with E-state index in [0.717, 1.165) is 5.56 Å². The van der Waals surface area contributed by atoms with Gasteiger partial charge in [-0.25, -0.2) is 9.59 Å². The topological polar surface area (TPSA) is 84.9 Å². The lowest BCUT2D eigenvalue weighted by atomic mass is 10.0. The minimum absolute atomic E-state index is 0.000328. The van der Waals surface area contributed by atoms with Crippen LogP contribution in [0.2, 0.25) is 0 Å². The summed E-state index contributed by atoms with van der Waals surface area (Å²) in [5.41, 5.74) is 0.876. The van der Waals surface area contributed by atoms with Gasteiger partial charge in [-0.2, -0.15) is 0 Å². The Labute approximate surface area is 160 Å². The summed E-state index contributed by atoms with van der Waals surface area (Å²) in [5.74, 6) is -0.829. The lowest BCUT2D eigenvalue weighted by molar-refractivity contribution is -0.140. The maximum absolute atomic E-state index is 12.2. The average Bonchev–Trinajstić information content (AvgIpc) is 2.61. The number of hydrogen-bond donors (Lipinski definition) is 1. The van der Waals surface area contributed by atoms with Crippen LogP contribution in [0.5, 0.6) is 0 Å². The zero-order valence-corrected chi connectivity index (χ0v) is 16.4. The number of ketones is 1. The smallest absolute Gasteiger partial charge is 0.407 e. The third-order valence-corrected chi connectivity index (χ3v) is 3.32. The third kappa shape index (κ3) is 9.44. The Morgan fingerprint density at radius 1 is 1.11 bits per heavy atom. The predicted octanol–water partition coefficient (Wildman–Crippen LogP) is 2.52. The Morgan fingerprint density at radius 2 is 1.78 bits per heavy atom. The highest BCUT2D eigenvalue weighted by molar-refractivity contribution is 6.17. The molecule has 0 aromatic heterocycles. The van der Waals surface area contributed by atoms with Crippen LogP contribution < -0.4 is 5.32 Å². The van der Waals surface area contributed by atoms with Crippen molar-refractivity contribution in [3.05, 3.63) is 47.7 Å². The largest absolute Gasteiger partial charge is 0.460 e. The molecule has 1 N–H and O–H groups in total. The van der Waals surface area contributed by atoms with Gasteiger partial charge in [-0.15, -0.1) is 0 Å². The molecular weight excluding hydrogens is 348 g/mol. The fourth-order valence-electron chi connectivity index (χ4n) is 2.13. The summed E-state index contributed by atoms with van der Waals surface area (Å²) in [6.45, 7) is 4.00. The van der Waals surface area contributed by atoms with Crippen molar-refractivity contribution in [3.63, 3.8) is 0 Å². The van der Waals surface area contributed by atoms with E-state index in [4.69, 9.17) is 9.47 Å². The first-order chi connectivity index (χ1) is 12.8. The van der Waals surface area contributed by atoms with Gasteiger partial charge in [0, 0.05) is 26.7 Å². The highest BCUT2D eigenvalue weighted by atomic mass is 16.6.